The number of nitrogens with one attached hydrogen (secondary N) is 1. The van der Waals surface area contributed by atoms with E-state index in [-0.39, 0.29) is 17.2 Å². The molecule has 1 aromatic rings. The van der Waals surface area contributed by atoms with E-state index >= 15 is 0 Å². The second-order valence-corrected chi connectivity index (χ2v) is 7.87. The van der Waals surface area contributed by atoms with E-state index in [4.69, 9.17) is 5.11 Å². The Labute approximate surface area is 144 Å². The number of nitrogens with zero attached hydrogens (tertiary/aromatic N) is 1. The van der Waals surface area contributed by atoms with Crippen LogP contribution in [0.4, 0.5) is 5.69 Å². The quantitative estimate of drug-likeness (QED) is 0.867. The van der Waals surface area contributed by atoms with Crippen LogP contribution >= 0.6 is 0 Å². The van der Waals surface area contributed by atoms with Crippen LogP contribution in [0.1, 0.15) is 45.6 Å². The molecule has 132 valence electrons. The number of amides is 1. The maximum atomic E-state index is 12.1. The third-order valence-corrected chi connectivity index (χ3v) is 4.24. The molecule has 1 fully saturated rings. The molecule has 0 aromatic heterocycles. The second-order valence-electron chi connectivity index (χ2n) is 7.87. The van der Waals surface area contributed by atoms with Crippen LogP contribution in [0.2, 0.25) is 0 Å². The molecule has 0 atom stereocenters. The van der Waals surface area contributed by atoms with E-state index in [2.05, 4.69) is 10.2 Å². The largest absolute Gasteiger partial charge is 0.481 e. The molecule has 0 bridgehead atoms. The van der Waals surface area contributed by atoms with Crippen molar-refractivity contribution in [2.75, 3.05) is 18.4 Å². The lowest BCUT2D eigenvalue weighted by Crippen LogP contribution is -2.35. The van der Waals surface area contributed by atoms with Crippen LogP contribution in [-0.4, -0.2) is 35.0 Å². The highest BCUT2D eigenvalue weighted by Crippen LogP contribution is 2.22. The number of rotatable bonds is 5. The normalized spacial score (nSPS) is 16.8. The number of carbonyl (C=O) groups excluding carboxylic acids is 1. The first-order chi connectivity index (χ1) is 11.2. The molecule has 1 heterocycles. The number of carbonyl (C=O) groups is 2. The summed E-state index contributed by atoms with van der Waals surface area (Å²) in [6, 6.07) is 7.90. The van der Waals surface area contributed by atoms with Crippen LogP contribution in [0.15, 0.2) is 24.3 Å². The number of likely N-dealkylation sites (tertiary alicyclic amines) is 1. The fourth-order valence-electron chi connectivity index (χ4n) is 3.03. The monoisotopic (exact) mass is 332 g/mol. The summed E-state index contributed by atoms with van der Waals surface area (Å²) in [4.78, 5) is 25.3. The van der Waals surface area contributed by atoms with Crippen molar-refractivity contribution in [3.05, 3.63) is 29.8 Å². The number of carboxylic acids is 1. The van der Waals surface area contributed by atoms with E-state index in [1.807, 2.05) is 45.0 Å². The van der Waals surface area contributed by atoms with E-state index in [1.54, 1.807) is 0 Å². The van der Waals surface area contributed by atoms with Gasteiger partial charge in [0, 0.05) is 18.7 Å². The SMILES string of the molecule is CC(C)(C)CC(=O)Nc1cccc(CN2CCC(C(=O)O)CC2)c1. The van der Waals surface area contributed by atoms with Crippen molar-refractivity contribution in [1.29, 1.82) is 0 Å². The number of anilines is 1. The van der Waals surface area contributed by atoms with Crippen molar-refractivity contribution in [2.24, 2.45) is 11.3 Å². The minimum absolute atomic E-state index is 0.0296. The molecule has 5 heteroatoms. The van der Waals surface area contributed by atoms with E-state index < -0.39 is 5.97 Å². The van der Waals surface area contributed by atoms with E-state index in [1.165, 1.54) is 0 Å². The molecule has 0 radical (unpaired) electrons. The number of aliphatic carboxylic acids is 1. The van der Waals surface area contributed by atoms with Crippen molar-refractivity contribution in [3.8, 4) is 0 Å². The van der Waals surface area contributed by atoms with E-state index in [9.17, 15) is 9.59 Å². The molecule has 5 nitrogen and oxygen atoms in total. The van der Waals surface area contributed by atoms with Gasteiger partial charge < -0.3 is 10.4 Å². The minimum atomic E-state index is -0.682. The number of benzene rings is 1. The lowest BCUT2D eigenvalue weighted by atomic mass is 9.92. The van der Waals surface area contributed by atoms with Gasteiger partial charge in [0.2, 0.25) is 5.91 Å². The summed E-state index contributed by atoms with van der Waals surface area (Å²) >= 11 is 0. The molecule has 0 spiro atoms. The van der Waals surface area contributed by atoms with Gasteiger partial charge in [-0.3, -0.25) is 14.5 Å². The first-order valence-electron chi connectivity index (χ1n) is 8.57. The molecule has 0 unspecified atom stereocenters. The van der Waals surface area contributed by atoms with E-state index in [0.717, 1.165) is 30.9 Å². The van der Waals surface area contributed by atoms with Crippen LogP contribution in [0, 0.1) is 11.3 Å². The Bertz CT molecular complexity index is 585. The van der Waals surface area contributed by atoms with Crippen molar-refractivity contribution in [1.82, 2.24) is 4.90 Å². The van der Waals surface area contributed by atoms with Crippen molar-refractivity contribution < 1.29 is 14.7 Å². The predicted molar refractivity (Wildman–Crippen MR) is 94.8 cm³/mol. The molecular weight excluding hydrogens is 304 g/mol. The van der Waals surface area contributed by atoms with Crippen LogP contribution < -0.4 is 5.32 Å². The maximum Gasteiger partial charge on any atom is 0.306 e. The van der Waals surface area contributed by atoms with Gasteiger partial charge in [-0.2, -0.15) is 0 Å². The van der Waals surface area contributed by atoms with Gasteiger partial charge in [0.25, 0.3) is 0 Å². The lowest BCUT2D eigenvalue weighted by Gasteiger charge is -2.30. The molecule has 0 aliphatic carbocycles. The number of piperidine rings is 1. The number of carboxylic acid groups (broad SMARTS) is 1. The first kappa shape index (κ1) is 18.5. The van der Waals surface area contributed by atoms with Gasteiger partial charge in [-0.25, -0.2) is 0 Å². The Hall–Kier alpha value is -1.88. The fourth-order valence-corrected chi connectivity index (χ4v) is 3.03. The summed E-state index contributed by atoms with van der Waals surface area (Å²) in [5.74, 6) is -0.857. The molecule has 1 aromatic carbocycles. The zero-order chi connectivity index (χ0) is 17.7. The van der Waals surface area contributed by atoms with Gasteiger partial charge in [-0.1, -0.05) is 32.9 Å². The topological polar surface area (TPSA) is 69.6 Å². The highest BCUT2D eigenvalue weighted by atomic mass is 16.4. The number of hydrogen-bond donors (Lipinski definition) is 2. The molecule has 2 rings (SSSR count). The zero-order valence-corrected chi connectivity index (χ0v) is 14.8. The molecule has 1 aliphatic rings. The Morgan fingerprint density at radius 1 is 1.25 bits per heavy atom. The maximum absolute atomic E-state index is 12.1. The van der Waals surface area contributed by atoms with E-state index in [0.29, 0.717) is 19.3 Å². The molecule has 1 amide bonds. The highest BCUT2D eigenvalue weighted by Gasteiger charge is 2.24. The summed E-state index contributed by atoms with van der Waals surface area (Å²) in [7, 11) is 0. The predicted octanol–water partition coefficient (Wildman–Crippen LogP) is 3.36. The Kier molecular flexibility index (Phi) is 5.99. The van der Waals surface area contributed by atoms with Gasteiger partial charge in [0.1, 0.15) is 0 Å². The Morgan fingerprint density at radius 2 is 1.92 bits per heavy atom. The molecule has 1 aliphatic heterocycles. The highest BCUT2D eigenvalue weighted by molar-refractivity contribution is 5.91. The number of hydrogen-bond acceptors (Lipinski definition) is 3. The summed E-state index contributed by atoms with van der Waals surface area (Å²) in [6.07, 6.45) is 1.90. The zero-order valence-electron chi connectivity index (χ0n) is 14.8. The van der Waals surface area contributed by atoms with Crippen LogP contribution in [0.25, 0.3) is 0 Å². The average molecular weight is 332 g/mol. The summed E-state index contributed by atoms with van der Waals surface area (Å²) in [6.45, 7) is 8.53. The van der Waals surface area contributed by atoms with Gasteiger partial charge in [0.15, 0.2) is 0 Å². The minimum Gasteiger partial charge on any atom is -0.481 e. The first-order valence-corrected chi connectivity index (χ1v) is 8.57. The van der Waals surface area contributed by atoms with Gasteiger partial charge in [0.05, 0.1) is 5.92 Å². The third kappa shape index (κ3) is 5.96. The van der Waals surface area contributed by atoms with Crippen molar-refractivity contribution in [3.63, 3.8) is 0 Å². The van der Waals surface area contributed by atoms with Crippen LogP contribution in [0.5, 0.6) is 0 Å². The Balaban J connectivity index is 1.89. The molecule has 2 N–H and O–H groups in total. The molecular formula is C19H28N2O3. The second kappa shape index (κ2) is 7.79. The average Bonchev–Trinajstić information content (AvgIpc) is 2.46. The Morgan fingerprint density at radius 3 is 2.50 bits per heavy atom. The van der Waals surface area contributed by atoms with Crippen LogP contribution in [-0.2, 0) is 16.1 Å². The smallest absolute Gasteiger partial charge is 0.306 e. The van der Waals surface area contributed by atoms with Gasteiger partial charge in [-0.15, -0.1) is 0 Å². The standard InChI is InChI=1S/C19H28N2O3/c1-19(2,3)12-17(22)20-16-6-4-5-14(11-16)13-21-9-7-15(8-10-21)18(23)24/h4-6,11,15H,7-10,12-13H2,1-3H3,(H,20,22)(H,23,24). The summed E-state index contributed by atoms with van der Waals surface area (Å²) in [5.41, 5.74) is 1.93. The third-order valence-electron chi connectivity index (χ3n) is 4.24. The van der Waals surface area contributed by atoms with Gasteiger partial charge in [-0.05, 0) is 49.0 Å². The summed E-state index contributed by atoms with van der Waals surface area (Å²) < 4.78 is 0. The molecule has 0 saturated carbocycles. The molecule has 24 heavy (non-hydrogen) atoms. The van der Waals surface area contributed by atoms with Crippen molar-refractivity contribution >= 4 is 17.6 Å². The molecule has 1 saturated heterocycles. The van der Waals surface area contributed by atoms with Crippen LogP contribution in [0.3, 0.4) is 0 Å². The fraction of sp³-hybridized carbons (Fsp3) is 0.579. The summed E-state index contributed by atoms with van der Waals surface area (Å²) in [5, 5.41) is 12.0. The lowest BCUT2D eigenvalue weighted by molar-refractivity contribution is -0.143. The van der Waals surface area contributed by atoms with Crippen molar-refractivity contribution in [2.45, 2.75) is 46.6 Å². The van der Waals surface area contributed by atoms with Gasteiger partial charge >= 0.3 is 5.97 Å².